The number of carbonyl (C=O) groups is 2. The van der Waals surface area contributed by atoms with E-state index in [1.807, 2.05) is 0 Å². The van der Waals surface area contributed by atoms with E-state index in [1.54, 1.807) is 11.4 Å². The molecule has 1 aromatic heterocycles. The van der Waals surface area contributed by atoms with Crippen molar-refractivity contribution < 1.29 is 22.4 Å². The Balaban J connectivity index is 1.50. The molecule has 33 heavy (non-hydrogen) atoms. The second-order valence-corrected chi connectivity index (χ2v) is 10.3. The lowest BCUT2D eigenvalue weighted by molar-refractivity contribution is -0.114. The largest absolute Gasteiger partial charge is 0.326 e. The maximum absolute atomic E-state index is 14.5. The molecular weight excluding hydrogens is 467 g/mol. The first-order valence-corrected chi connectivity index (χ1v) is 12.5. The summed E-state index contributed by atoms with van der Waals surface area (Å²) >= 11 is 1.12. The fourth-order valence-electron chi connectivity index (χ4n) is 3.50. The number of nitrogens with one attached hydrogen (secondary N) is 2. The zero-order chi connectivity index (χ0) is 23.6. The van der Waals surface area contributed by atoms with E-state index in [1.165, 1.54) is 47.6 Å². The van der Waals surface area contributed by atoms with Crippen LogP contribution in [0.2, 0.25) is 0 Å². The van der Waals surface area contributed by atoms with Crippen LogP contribution in [-0.4, -0.2) is 42.6 Å². The summed E-state index contributed by atoms with van der Waals surface area (Å²) in [5.41, 5.74) is 1.06. The third kappa shape index (κ3) is 5.10. The minimum absolute atomic E-state index is 0.0678. The van der Waals surface area contributed by atoms with Crippen LogP contribution >= 0.6 is 11.3 Å². The molecule has 11 heteroatoms. The number of halogens is 1. The van der Waals surface area contributed by atoms with E-state index < -0.39 is 21.7 Å². The number of nitrogens with zero attached hydrogens (tertiary/aromatic N) is 2. The molecule has 0 unspecified atom stereocenters. The molecular formula is C22H21FN4O4S2. The van der Waals surface area contributed by atoms with Crippen molar-refractivity contribution in [3.63, 3.8) is 0 Å². The van der Waals surface area contributed by atoms with Gasteiger partial charge < -0.3 is 5.32 Å². The highest BCUT2D eigenvalue weighted by atomic mass is 32.2. The molecule has 1 aliphatic heterocycles. The first-order valence-electron chi connectivity index (χ1n) is 10.2. The number of rotatable bonds is 6. The van der Waals surface area contributed by atoms with Gasteiger partial charge in [0.25, 0.3) is 5.91 Å². The SMILES string of the molecule is CC(=O)Nc1ccc(-c2csc(NC(=O)c3cccc(S(=O)(=O)N4CCCC4)c3)n2)c(F)c1. The van der Waals surface area contributed by atoms with Crippen LogP contribution < -0.4 is 10.6 Å². The number of carbonyl (C=O) groups excluding carboxylic acids is 2. The molecule has 2 aromatic carbocycles. The Morgan fingerprint density at radius 3 is 2.55 bits per heavy atom. The quantitative estimate of drug-likeness (QED) is 0.546. The minimum Gasteiger partial charge on any atom is -0.326 e. The Morgan fingerprint density at radius 1 is 1.09 bits per heavy atom. The predicted molar refractivity (Wildman–Crippen MR) is 124 cm³/mol. The number of hydrogen-bond donors (Lipinski definition) is 2. The van der Waals surface area contributed by atoms with Crippen LogP contribution in [0.25, 0.3) is 11.3 Å². The molecule has 4 rings (SSSR count). The number of benzene rings is 2. The predicted octanol–water partition coefficient (Wildman–Crippen LogP) is 3.94. The number of sulfonamides is 1. The zero-order valence-electron chi connectivity index (χ0n) is 17.7. The first-order chi connectivity index (χ1) is 15.7. The lowest BCUT2D eigenvalue weighted by atomic mass is 10.1. The summed E-state index contributed by atoms with van der Waals surface area (Å²) in [5.74, 6) is -1.39. The van der Waals surface area contributed by atoms with Crippen molar-refractivity contribution in [3.05, 3.63) is 59.2 Å². The van der Waals surface area contributed by atoms with E-state index in [0.717, 1.165) is 24.2 Å². The minimum atomic E-state index is -3.64. The molecule has 0 atom stereocenters. The van der Waals surface area contributed by atoms with E-state index in [-0.39, 0.29) is 27.1 Å². The molecule has 1 saturated heterocycles. The fraction of sp³-hybridized carbons (Fsp3) is 0.227. The molecule has 0 saturated carbocycles. The number of hydrogen-bond acceptors (Lipinski definition) is 6. The molecule has 0 spiro atoms. The lowest BCUT2D eigenvalue weighted by Gasteiger charge is -2.15. The van der Waals surface area contributed by atoms with Crippen LogP contribution in [0.15, 0.2) is 52.7 Å². The van der Waals surface area contributed by atoms with Gasteiger partial charge in [-0.15, -0.1) is 11.3 Å². The summed E-state index contributed by atoms with van der Waals surface area (Å²) in [5, 5.41) is 6.98. The highest BCUT2D eigenvalue weighted by Gasteiger charge is 2.27. The fourth-order valence-corrected chi connectivity index (χ4v) is 5.77. The third-order valence-corrected chi connectivity index (χ3v) is 7.74. The van der Waals surface area contributed by atoms with Gasteiger partial charge in [0.1, 0.15) is 5.82 Å². The van der Waals surface area contributed by atoms with E-state index in [0.29, 0.717) is 24.5 Å². The van der Waals surface area contributed by atoms with Crippen molar-refractivity contribution in [1.29, 1.82) is 0 Å². The van der Waals surface area contributed by atoms with Gasteiger partial charge in [0, 0.05) is 42.2 Å². The smallest absolute Gasteiger partial charge is 0.257 e. The number of aromatic nitrogens is 1. The van der Waals surface area contributed by atoms with Crippen LogP contribution in [0, 0.1) is 5.82 Å². The molecule has 0 aliphatic carbocycles. The van der Waals surface area contributed by atoms with Gasteiger partial charge in [-0.1, -0.05) is 6.07 Å². The van der Waals surface area contributed by atoms with Crippen molar-refractivity contribution in [2.24, 2.45) is 0 Å². The normalized spacial score (nSPS) is 14.2. The van der Waals surface area contributed by atoms with E-state index in [2.05, 4.69) is 15.6 Å². The molecule has 8 nitrogen and oxygen atoms in total. The van der Waals surface area contributed by atoms with Gasteiger partial charge in [-0.25, -0.2) is 17.8 Å². The molecule has 172 valence electrons. The van der Waals surface area contributed by atoms with Gasteiger partial charge in [-0.2, -0.15) is 4.31 Å². The zero-order valence-corrected chi connectivity index (χ0v) is 19.3. The molecule has 2 heterocycles. The van der Waals surface area contributed by atoms with Crippen molar-refractivity contribution in [2.75, 3.05) is 23.7 Å². The van der Waals surface area contributed by atoms with Crippen LogP contribution in [0.4, 0.5) is 15.2 Å². The van der Waals surface area contributed by atoms with Gasteiger partial charge in [-0.05, 0) is 49.2 Å². The number of thiazole rings is 1. The summed E-state index contributed by atoms with van der Waals surface area (Å²) in [7, 11) is -3.64. The second-order valence-electron chi connectivity index (χ2n) is 7.51. The van der Waals surface area contributed by atoms with Gasteiger partial charge in [-0.3, -0.25) is 14.9 Å². The van der Waals surface area contributed by atoms with Gasteiger partial charge >= 0.3 is 0 Å². The summed E-state index contributed by atoms with van der Waals surface area (Å²) in [6.45, 7) is 2.28. The Morgan fingerprint density at radius 2 is 1.85 bits per heavy atom. The average Bonchev–Trinajstić information content (AvgIpc) is 3.46. The highest BCUT2D eigenvalue weighted by molar-refractivity contribution is 7.89. The van der Waals surface area contributed by atoms with Crippen molar-refractivity contribution >= 4 is 44.0 Å². The Labute approximate surface area is 194 Å². The van der Waals surface area contributed by atoms with Crippen molar-refractivity contribution in [1.82, 2.24) is 9.29 Å². The van der Waals surface area contributed by atoms with Crippen LogP contribution in [-0.2, 0) is 14.8 Å². The van der Waals surface area contributed by atoms with Crippen molar-refractivity contribution in [3.8, 4) is 11.3 Å². The summed E-state index contributed by atoms with van der Waals surface area (Å²) in [6, 6.07) is 10.1. The maximum atomic E-state index is 14.5. The summed E-state index contributed by atoms with van der Waals surface area (Å²) in [6.07, 6.45) is 1.64. The monoisotopic (exact) mass is 488 g/mol. The first kappa shape index (κ1) is 23.0. The Kier molecular flexibility index (Phi) is 6.54. The Bertz CT molecular complexity index is 1320. The molecule has 2 amide bonds. The van der Waals surface area contributed by atoms with E-state index in [4.69, 9.17) is 0 Å². The molecule has 2 N–H and O–H groups in total. The average molecular weight is 489 g/mol. The highest BCUT2D eigenvalue weighted by Crippen LogP contribution is 2.29. The summed E-state index contributed by atoms with van der Waals surface area (Å²) < 4.78 is 41.4. The van der Waals surface area contributed by atoms with Crippen molar-refractivity contribution in [2.45, 2.75) is 24.7 Å². The standard InChI is InChI=1S/C22H21FN4O4S2/c1-14(28)24-16-7-8-18(19(23)12-16)20-13-32-22(25-20)26-21(29)15-5-4-6-17(11-15)33(30,31)27-9-2-3-10-27/h4-8,11-13H,2-3,9-10H2,1H3,(H,24,28)(H,25,26,29). The van der Waals surface area contributed by atoms with Crippen LogP contribution in [0.1, 0.15) is 30.1 Å². The van der Waals surface area contributed by atoms with Gasteiger partial charge in [0.15, 0.2) is 5.13 Å². The molecule has 0 radical (unpaired) electrons. The molecule has 1 fully saturated rings. The van der Waals surface area contributed by atoms with Crippen LogP contribution in [0.3, 0.4) is 0 Å². The lowest BCUT2D eigenvalue weighted by Crippen LogP contribution is -2.28. The number of anilines is 2. The maximum Gasteiger partial charge on any atom is 0.257 e. The molecule has 3 aromatic rings. The van der Waals surface area contributed by atoms with E-state index in [9.17, 15) is 22.4 Å². The third-order valence-electron chi connectivity index (χ3n) is 5.09. The Hall–Kier alpha value is -3.15. The van der Waals surface area contributed by atoms with E-state index >= 15 is 0 Å². The topological polar surface area (TPSA) is 108 Å². The van der Waals surface area contributed by atoms with Gasteiger partial charge in [0.2, 0.25) is 15.9 Å². The van der Waals surface area contributed by atoms with Crippen LogP contribution in [0.5, 0.6) is 0 Å². The second kappa shape index (κ2) is 9.38. The summed E-state index contributed by atoms with van der Waals surface area (Å²) in [4.78, 5) is 28.2. The molecule has 1 aliphatic rings. The number of amides is 2. The molecule has 0 bridgehead atoms. The van der Waals surface area contributed by atoms with Gasteiger partial charge in [0.05, 0.1) is 10.6 Å².